The van der Waals surface area contributed by atoms with Crippen LogP contribution < -0.4 is 0 Å². The number of rotatable bonds is 0. The van der Waals surface area contributed by atoms with Gasteiger partial charge in [-0.1, -0.05) is 0 Å². The molecule has 0 N–H and O–H groups in total. The topological polar surface area (TPSA) is 41.8 Å². The second kappa shape index (κ2) is 2.63. The Hall–Kier alpha value is -1.72. The van der Waals surface area contributed by atoms with Crippen molar-refractivity contribution in [3.05, 3.63) is 29.3 Å². The molecule has 1 aromatic carbocycles. The Bertz CT molecular complexity index is 437. The van der Waals surface area contributed by atoms with Gasteiger partial charge in [0.1, 0.15) is 0 Å². The predicted octanol–water partition coefficient (Wildman–Crippen LogP) is 2.94. The Balaban J connectivity index is 2.53. The van der Waals surface area contributed by atoms with Gasteiger partial charge in [-0.15, -0.1) is 10.2 Å². The molecule has 0 radical (unpaired) electrons. The fraction of sp³-hybridized carbons (Fsp3) is 0.125. The van der Waals surface area contributed by atoms with Crippen LogP contribution in [0.4, 0.5) is 18.9 Å². The van der Waals surface area contributed by atoms with Crippen molar-refractivity contribution in [1.29, 1.82) is 0 Å². The van der Waals surface area contributed by atoms with Gasteiger partial charge in [0.15, 0.2) is 0 Å². The number of nitrogens with zero attached hydrogens (tertiary/aromatic N) is 2. The zero-order valence-electron chi connectivity index (χ0n) is 6.67. The maximum atomic E-state index is 12.2. The number of carbonyl (C=O) groups is 1. The lowest BCUT2D eigenvalue weighted by Crippen LogP contribution is -2.05. The first-order valence-corrected chi connectivity index (χ1v) is 3.66. The number of fused-ring (bicyclic) bond motifs is 1. The lowest BCUT2D eigenvalue weighted by molar-refractivity contribution is -0.137. The quantitative estimate of drug-likeness (QED) is 0.634. The van der Waals surface area contributed by atoms with Gasteiger partial charge in [0.05, 0.1) is 16.8 Å². The largest absolute Gasteiger partial charge is 0.416 e. The highest BCUT2D eigenvalue weighted by Crippen LogP contribution is 2.34. The van der Waals surface area contributed by atoms with Crippen LogP contribution in [-0.4, -0.2) is 5.91 Å². The Morgan fingerprint density at radius 3 is 2.50 bits per heavy atom. The van der Waals surface area contributed by atoms with E-state index in [0.717, 1.165) is 18.2 Å². The van der Waals surface area contributed by atoms with Gasteiger partial charge >= 0.3 is 6.18 Å². The van der Waals surface area contributed by atoms with Gasteiger partial charge in [0.25, 0.3) is 5.91 Å². The number of alkyl halides is 3. The monoisotopic (exact) mass is 200 g/mol. The molecule has 6 heteroatoms. The first kappa shape index (κ1) is 8.86. The SMILES string of the molecule is O=C1N=Nc2ccc(C(F)(F)F)cc21. The molecule has 0 aromatic heterocycles. The minimum Gasteiger partial charge on any atom is -0.265 e. The van der Waals surface area contributed by atoms with Crippen LogP contribution in [0.1, 0.15) is 15.9 Å². The summed E-state index contributed by atoms with van der Waals surface area (Å²) in [6.07, 6.45) is -4.45. The fourth-order valence-electron chi connectivity index (χ4n) is 1.12. The molecule has 0 fully saturated rings. The van der Waals surface area contributed by atoms with E-state index in [1.54, 1.807) is 0 Å². The Morgan fingerprint density at radius 1 is 1.14 bits per heavy atom. The van der Waals surface area contributed by atoms with Gasteiger partial charge in [0, 0.05) is 0 Å². The van der Waals surface area contributed by atoms with E-state index in [4.69, 9.17) is 0 Å². The smallest absolute Gasteiger partial charge is 0.265 e. The normalized spacial score (nSPS) is 14.6. The van der Waals surface area contributed by atoms with Crippen LogP contribution in [0.2, 0.25) is 0 Å². The van der Waals surface area contributed by atoms with Crippen molar-refractivity contribution in [2.24, 2.45) is 10.2 Å². The lowest BCUT2D eigenvalue weighted by atomic mass is 10.1. The molecule has 0 saturated heterocycles. The van der Waals surface area contributed by atoms with Gasteiger partial charge in [-0.2, -0.15) is 13.2 Å². The standard InChI is InChI=1S/C8H3F3N2O/c9-8(10,11)4-1-2-6-5(3-4)7(14)13-12-6/h1-3H. The molecule has 14 heavy (non-hydrogen) atoms. The minimum atomic E-state index is -4.45. The summed E-state index contributed by atoms with van der Waals surface area (Å²) in [5.41, 5.74) is -0.778. The number of hydrogen-bond donors (Lipinski definition) is 0. The van der Waals surface area contributed by atoms with E-state index in [1.807, 2.05) is 0 Å². The molecule has 1 amide bonds. The zero-order valence-corrected chi connectivity index (χ0v) is 6.67. The summed E-state index contributed by atoms with van der Waals surface area (Å²) in [7, 11) is 0. The van der Waals surface area contributed by atoms with Crippen LogP contribution in [0.15, 0.2) is 28.4 Å². The average molecular weight is 200 g/mol. The number of hydrogen-bond acceptors (Lipinski definition) is 2. The minimum absolute atomic E-state index is 0.0974. The van der Waals surface area contributed by atoms with Gasteiger partial charge in [-0.05, 0) is 18.2 Å². The summed E-state index contributed by atoms with van der Waals surface area (Å²) in [5.74, 6) is -0.730. The van der Waals surface area contributed by atoms with Crippen LogP contribution >= 0.6 is 0 Å². The van der Waals surface area contributed by atoms with Crippen LogP contribution in [0.3, 0.4) is 0 Å². The van der Waals surface area contributed by atoms with E-state index in [-0.39, 0.29) is 11.3 Å². The molecule has 0 saturated carbocycles. The molecular weight excluding hydrogens is 197 g/mol. The molecule has 1 aliphatic rings. The van der Waals surface area contributed by atoms with Gasteiger partial charge < -0.3 is 0 Å². The number of azo groups is 1. The molecule has 3 nitrogen and oxygen atoms in total. The van der Waals surface area contributed by atoms with E-state index < -0.39 is 17.6 Å². The molecule has 72 valence electrons. The van der Waals surface area contributed by atoms with E-state index >= 15 is 0 Å². The van der Waals surface area contributed by atoms with Crippen LogP contribution in [0, 0.1) is 0 Å². The maximum Gasteiger partial charge on any atom is 0.416 e. The third kappa shape index (κ3) is 1.28. The molecule has 0 atom stereocenters. The summed E-state index contributed by atoms with van der Waals surface area (Å²) in [6.45, 7) is 0. The second-order valence-corrected chi connectivity index (χ2v) is 2.73. The molecule has 2 rings (SSSR count). The highest BCUT2D eigenvalue weighted by atomic mass is 19.4. The molecule has 0 unspecified atom stereocenters. The molecule has 0 bridgehead atoms. The number of amides is 1. The van der Waals surface area contributed by atoms with E-state index in [2.05, 4.69) is 10.2 Å². The first-order valence-electron chi connectivity index (χ1n) is 3.66. The number of benzene rings is 1. The molecule has 0 spiro atoms. The number of carbonyl (C=O) groups excluding carboxylic acids is 1. The molecule has 1 aliphatic heterocycles. The summed E-state index contributed by atoms with van der Waals surface area (Å²) in [6, 6.07) is 2.76. The molecular formula is C8H3F3N2O. The summed E-state index contributed by atoms with van der Waals surface area (Å²) >= 11 is 0. The van der Waals surface area contributed by atoms with Crippen molar-refractivity contribution in [3.63, 3.8) is 0 Å². The van der Waals surface area contributed by atoms with Crippen molar-refractivity contribution in [1.82, 2.24) is 0 Å². The van der Waals surface area contributed by atoms with Crippen molar-refractivity contribution in [3.8, 4) is 0 Å². The molecule has 1 heterocycles. The second-order valence-electron chi connectivity index (χ2n) is 2.73. The molecule has 1 aromatic rings. The highest BCUT2D eigenvalue weighted by Gasteiger charge is 2.32. The van der Waals surface area contributed by atoms with E-state index in [0.29, 0.717) is 0 Å². The van der Waals surface area contributed by atoms with Gasteiger partial charge in [0.2, 0.25) is 0 Å². The molecule has 0 aliphatic carbocycles. The van der Waals surface area contributed by atoms with Crippen LogP contribution in [0.5, 0.6) is 0 Å². The fourth-order valence-corrected chi connectivity index (χ4v) is 1.12. The van der Waals surface area contributed by atoms with Crippen LogP contribution in [-0.2, 0) is 6.18 Å². The Morgan fingerprint density at radius 2 is 1.86 bits per heavy atom. The van der Waals surface area contributed by atoms with Gasteiger partial charge in [-0.3, -0.25) is 4.79 Å². The van der Waals surface area contributed by atoms with Gasteiger partial charge in [-0.25, -0.2) is 0 Å². The Labute approximate surface area is 76.3 Å². The lowest BCUT2D eigenvalue weighted by Gasteiger charge is -2.06. The van der Waals surface area contributed by atoms with Crippen molar-refractivity contribution >= 4 is 11.6 Å². The van der Waals surface area contributed by atoms with Crippen LogP contribution in [0.25, 0.3) is 0 Å². The summed E-state index contributed by atoms with van der Waals surface area (Å²) < 4.78 is 36.6. The highest BCUT2D eigenvalue weighted by molar-refractivity contribution is 6.01. The van der Waals surface area contributed by atoms with Crippen molar-refractivity contribution in [2.45, 2.75) is 6.18 Å². The third-order valence-electron chi connectivity index (χ3n) is 1.80. The average Bonchev–Trinajstić information content (AvgIpc) is 2.46. The van der Waals surface area contributed by atoms with Crippen molar-refractivity contribution < 1.29 is 18.0 Å². The number of halogens is 3. The first-order chi connectivity index (χ1) is 6.48. The summed E-state index contributed by atoms with van der Waals surface area (Å²) in [5, 5.41) is 6.56. The third-order valence-corrected chi connectivity index (χ3v) is 1.80. The summed E-state index contributed by atoms with van der Waals surface area (Å²) in [4.78, 5) is 10.9. The maximum absolute atomic E-state index is 12.2. The predicted molar refractivity (Wildman–Crippen MR) is 40.3 cm³/mol. The zero-order chi connectivity index (χ0) is 10.3. The Kier molecular flexibility index (Phi) is 1.67. The van der Waals surface area contributed by atoms with Crippen molar-refractivity contribution in [2.75, 3.05) is 0 Å². The van der Waals surface area contributed by atoms with E-state index in [1.165, 1.54) is 0 Å². The van der Waals surface area contributed by atoms with E-state index in [9.17, 15) is 18.0 Å².